The summed E-state index contributed by atoms with van der Waals surface area (Å²) in [6.07, 6.45) is 4.10. The lowest BCUT2D eigenvalue weighted by molar-refractivity contribution is 0.613. The van der Waals surface area contributed by atoms with Crippen LogP contribution in [0.15, 0.2) is 30.6 Å². The first-order chi connectivity index (χ1) is 9.63. The SMILES string of the molecule is CC(C)CN(CCC#N)c1ccc(N)c2cnccc12. The maximum Gasteiger partial charge on any atom is 0.0640 e. The van der Waals surface area contributed by atoms with E-state index in [9.17, 15) is 0 Å². The number of benzene rings is 1. The number of pyridine rings is 1. The van der Waals surface area contributed by atoms with Crippen molar-refractivity contribution in [1.29, 1.82) is 5.26 Å². The molecule has 4 nitrogen and oxygen atoms in total. The summed E-state index contributed by atoms with van der Waals surface area (Å²) < 4.78 is 0. The molecule has 0 atom stereocenters. The molecule has 0 spiro atoms. The van der Waals surface area contributed by atoms with Crippen LogP contribution < -0.4 is 10.6 Å². The Morgan fingerprint density at radius 3 is 2.80 bits per heavy atom. The van der Waals surface area contributed by atoms with E-state index in [2.05, 4.69) is 29.8 Å². The summed E-state index contributed by atoms with van der Waals surface area (Å²) in [5.74, 6) is 0.531. The molecular formula is C16H20N4. The van der Waals surface area contributed by atoms with E-state index in [-0.39, 0.29) is 0 Å². The number of nitrogen functional groups attached to an aromatic ring is 1. The Kier molecular flexibility index (Phi) is 4.41. The molecule has 0 aliphatic carbocycles. The molecule has 0 aliphatic heterocycles. The molecule has 0 unspecified atom stereocenters. The van der Waals surface area contributed by atoms with Gasteiger partial charge in [0, 0.05) is 47.6 Å². The predicted octanol–water partition coefficient (Wildman–Crippen LogP) is 3.19. The molecule has 0 radical (unpaired) electrons. The van der Waals surface area contributed by atoms with Crippen molar-refractivity contribution in [2.45, 2.75) is 20.3 Å². The van der Waals surface area contributed by atoms with Crippen LogP contribution in [0.5, 0.6) is 0 Å². The van der Waals surface area contributed by atoms with Crippen LogP contribution in [-0.4, -0.2) is 18.1 Å². The van der Waals surface area contributed by atoms with E-state index in [1.54, 1.807) is 12.4 Å². The second-order valence-corrected chi connectivity index (χ2v) is 5.34. The fraction of sp³-hybridized carbons (Fsp3) is 0.375. The number of nitrogens with two attached hydrogens (primary N) is 1. The predicted molar refractivity (Wildman–Crippen MR) is 83.4 cm³/mol. The molecule has 4 heteroatoms. The van der Waals surface area contributed by atoms with E-state index < -0.39 is 0 Å². The first-order valence-electron chi connectivity index (χ1n) is 6.87. The second kappa shape index (κ2) is 6.25. The minimum atomic E-state index is 0.518. The molecule has 2 N–H and O–H groups in total. The molecule has 0 saturated heterocycles. The van der Waals surface area contributed by atoms with Gasteiger partial charge in [-0.2, -0.15) is 5.26 Å². The zero-order valence-corrected chi connectivity index (χ0v) is 12.0. The third-order valence-electron chi connectivity index (χ3n) is 3.25. The van der Waals surface area contributed by atoms with Crippen LogP contribution in [-0.2, 0) is 0 Å². The van der Waals surface area contributed by atoms with Gasteiger partial charge >= 0.3 is 0 Å². The van der Waals surface area contributed by atoms with Crippen LogP contribution in [0, 0.1) is 17.2 Å². The third-order valence-corrected chi connectivity index (χ3v) is 3.25. The maximum atomic E-state index is 8.85. The molecule has 1 aromatic carbocycles. The normalized spacial score (nSPS) is 10.7. The van der Waals surface area contributed by atoms with E-state index in [1.807, 2.05) is 18.2 Å². The van der Waals surface area contributed by atoms with Crippen LogP contribution in [0.4, 0.5) is 11.4 Å². The van der Waals surface area contributed by atoms with Crippen LogP contribution in [0.25, 0.3) is 10.8 Å². The third kappa shape index (κ3) is 3.00. The highest BCUT2D eigenvalue weighted by molar-refractivity contribution is 6.00. The van der Waals surface area contributed by atoms with Crippen molar-refractivity contribution in [3.05, 3.63) is 30.6 Å². The lowest BCUT2D eigenvalue weighted by atomic mass is 10.1. The molecule has 1 heterocycles. The van der Waals surface area contributed by atoms with E-state index in [0.717, 1.165) is 35.2 Å². The van der Waals surface area contributed by atoms with Gasteiger partial charge in [0.05, 0.1) is 12.5 Å². The van der Waals surface area contributed by atoms with Gasteiger partial charge in [-0.15, -0.1) is 0 Å². The molecule has 0 bridgehead atoms. The molecular weight excluding hydrogens is 248 g/mol. The Morgan fingerprint density at radius 2 is 2.10 bits per heavy atom. The highest BCUT2D eigenvalue weighted by Gasteiger charge is 2.12. The van der Waals surface area contributed by atoms with Crippen molar-refractivity contribution in [3.8, 4) is 6.07 Å². The van der Waals surface area contributed by atoms with Gasteiger partial charge in [-0.25, -0.2) is 0 Å². The lowest BCUT2D eigenvalue weighted by Gasteiger charge is -2.27. The van der Waals surface area contributed by atoms with Crippen LogP contribution >= 0.6 is 0 Å². The molecule has 104 valence electrons. The zero-order chi connectivity index (χ0) is 14.5. The monoisotopic (exact) mass is 268 g/mol. The number of hydrogen-bond donors (Lipinski definition) is 1. The number of anilines is 2. The van der Waals surface area contributed by atoms with E-state index >= 15 is 0 Å². The lowest BCUT2D eigenvalue weighted by Crippen LogP contribution is -2.28. The second-order valence-electron chi connectivity index (χ2n) is 5.34. The number of nitriles is 1. The molecule has 0 fully saturated rings. The molecule has 20 heavy (non-hydrogen) atoms. The number of rotatable bonds is 5. The number of fused-ring (bicyclic) bond motifs is 1. The van der Waals surface area contributed by atoms with Crippen molar-refractivity contribution >= 4 is 22.1 Å². The summed E-state index contributed by atoms with van der Waals surface area (Å²) >= 11 is 0. The van der Waals surface area contributed by atoms with Gasteiger partial charge in [-0.1, -0.05) is 13.8 Å². The van der Waals surface area contributed by atoms with Crippen LogP contribution in [0.2, 0.25) is 0 Å². The maximum absolute atomic E-state index is 8.85. The fourth-order valence-electron chi connectivity index (χ4n) is 2.41. The van der Waals surface area contributed by atoms with Crippen molar-refractivity contribution in [1.82, 2.24) is 4.98 Å². The van der Waals surface area contributed by atoms with Gasteiger partial charge in [-0.3, -0.25) is 4.98 Å². The Bertz CT molecular complexity index is 628. The van der Waals surface area contributed by atoms with Gasteiger partial charge in [0.1, 0.15) is 0 Å². The smallest absolute Gasteiger partial charge is 0.0640 e. The summed E-state index contributed by atoms with van der Waals surface area (Å²) in [7, 11) is 0. The van der Waals surface area contributed by atoms with E-state index in [1.165, 1.54) is 0 Å². The minimum absolute atomic E-state index is 0.518. The highest BCUT2D eigenvalue weighted by Crippen LogP contribution is 2.30. The summed E-state index contributed by atoms with van der Waals surface area (Å²) in [6.45, 7) is 6.01. The van der Waals surface area contributed by atoms with Crippen molar-refractivity contribution in [3.63, 3.8) is 0 Å². The Labute approximate surface area is 119 Å². The Morgan fingerprint density at radius 1 is 1.30 bits per heavy atom. The Balaban J connectivity index is 2.47. The fourth-order valence-corrected chi connectivity index (χ4v) is 2.41. The van der Waals surface area contributed by atoms with E-state index in [0.29, 0.717) is 12.3 Å². The summed E-state index contributed by atoms with van der Waals surface area (Å²) in [4.78, 5) is 6.41. The van der Waals surface area contributed by atoms with Crippen molar-refractivity contribution in [2.24, 2.45) is 5.92 Å². The number of nitrogens with zero attached hydrogens (tertiary/aromatic N) is 3. The van der Waals surface area contributed by atoms with Gasteiger partial charge < -0.3 is 10.6 Å². The first kappa shape index (κ1) is 14.1. The molecule has 0 saturated carbocycles. The van der Waals surface area contributed by atoms with Crippen molar-refractivity contribution < 1.29 is 0 Å². The van der Waals surface area contributed by atoms with Crippen LogP contribution in [0.3, 0.4) is 0 Å². The molecule has 0 amide bonds. The Hall–Kier alpha value is -2.28. The largest absolute Gasteiger partial charge is 0.398 e. The molecule has 2 rings (SSSR count). The average molecular weight is 268 g/mol. The standard InChI is InChI=1S/C16H20N4/c1-12(2)11-20(9-3-7-17)16-5-4-15(18)14-10-19-8-6-13(14)16/h4-6,8,10,12H,3,9,11,18H2,1-2H3. The quantitative estimate of drug-likeness (QED) is 0.846. The molecule has 1 aromatic heterocycles. The first-order valence-corrected chi connectivity index (χ1v) is 6.87. The summed E-state index contributed by atoms with van der Waals surface area (Å²) in [6, 6.07) is 8.16. The number of aromatic nitrogens is 1. The molecule has 0 aliphatic rings. The van der Waals surface area contributed by atoms with Gasteiger partial charge in [0.2, 0.25) is 0 Å². The zero-order valence-electron chi connectivity index (χ0n) is 12.0. The topological polar surface area (TPSA) is 65.9 Å². The highest BCUT2D eigenvalue weighted by atomic mass is 15.1. The van der Waals surface area contributed by atoms with Gasteiger partial charge in [0.15, 0.2) is 0 Å². The minimum Gasteiger partial charge on any atom is -0.398 e. The number of hydrogen-bond acceptors (Lipinski definition) is 4. The van der Waals surface area contributed by atoms with Gasteiger partial charge in [0.25, 0.3) is 0 Å². The summed E-state index contributed by atoms with van der Waals surface area (Å²) in [5.41, 5.74) is 7.88. The van der Waals surface area contributed by atoms with Crippen LogP contribution in [0.1, 0.15) is 20.3 Å². The van der Waals surface area contributed by atoms with Gasteiger partial charge in [-0.05, 0) is 24.1 Å². The van der Waals surface area contributed by atoms with Crippen molar-refractivity contribution in [2.75, 3.05) is 23.7 Å². The molecule has 2 aromatic rings. The average Bonchev–Trinajstić information content (AvgIpc) is 2.44. The van der Waals surface area contributed by atoms with E-state index in [4.69, 9.17) is 11.0 Å². The summed E-state index contributed by atoms with van der Waals surface area (Å²) in [5, 5.41) is 10.9.